The summed E-state index contributed by atoms with van der Waals surface area (Å²) in [6.07, 6.45) is -0.648. The number of halogens is 3. The van der Waals surface area contributed by atoms with Crippen LogP contribution in [0.15, 0.2) is 49.3 Å². The van der Waals surface area contributed by atoms with E-state index in [1.54, 1.807) is 17.0 Å². The lowest BCUT2D eigenvalue weighted by Gasteiger charge is -2.48. The fourth-order valence-corrected chi connectivity index (χ4v) is 6.12. The first-order valence-corrected chi connectivity index (χ1v) is 14.1. The van der Waals surface area contributed by atoms with Gasteiger partial charge in [0.2, 0.25) is 5.91 Å². The first kappa shape index (κ1) is 27.5. The molecule has 41 heavy (non-hydrogen) atoms. The molecule has 2 aromatic heterocycles. The third-order valence-electron chi connectivity index (χ3n) is 8.50. The number of rotatable bonds is 7. The Balaban J connectivity index is 1.11. The second kappa shape index (κ2) is 11.3. The van der Waals surface area contributed by atoms with Crippen molar-refractivity contribution in [2.24, 2.45) is 5.92 Å². The largest absolute Gasteiger partial charge is 0.408 e. The number of benzene rings is 1. The van der Waals surface area contributed by atoms with Gasteiger partial charge >= 0.3 is 6.18 Å². The zero-order valence-electron chi connectivity index (χ0n) is 22.7. The Morgan fingerprint density at radius 1 is 1.10 bits per heavy atom. The van der Waals surface area contributed by atoms with Gasteiger partial charge in [-0.1, -0.05) is 18.7 Å². The van der Waals surface area contributed by atoms with E-state index in [2.05, 4.69) is 36.6 Å². The van der Waals surface area contributed by atoms with Crippen LogP contribution in [0.2, 0.25) is 0 Å². The van der Waals surface area contributed by atoms with Crippen molar-refractivity contribution in [1.82, 2.24) is 24.8 Å². The molecule has 2 N–H and O–H groups in total. The highest BCUT2D eigenvalue weighted by Gasteiger charge is 2.46. The molecule has 3 aliphatic heterocycles. The maximum Gasteiger partial charge on any atom is 0.408 e. The number of carbonyl (C=O) groups excluding carboxylic acids is 1. The summed E-state index contributed by atoms with van der Waals surface area (Å²) in [4.78, 5) is 30.0. The molecule has 1 atom stereocenters. The number of nitrogens with zero attached hydrogens (tertiary/aromatic N) is 5. The van der Waals surface area contributed by atoms with E-state index in [-0.39, 0.29) is 11.9 Å². The van der Waals surface area contributed by atoms with Crippen molar-refractivity contribution in [2.45, 2.75) is 31.1 Å². The Labute approximate surface area is 236 Å². The number of aromatic amines is 1. The first-order valence-electron chi connectivity index (χ1n) is 14.1. The van der Waals surface area contributed by atoms with E-state index in [0.717, 1.165) is 35.6 Å². The summed E-state index contributed by atoms with van der Waals surface area (Å²) in [7, 11) is 0. The van der Waals surface area contributed by atoms with Crippen LogP contribution in [0.5, 0.6) is 0 Å². The molecule has 3 aliphatic rings. The van der Waals surface area contributed by atoms with Gasteiger partial charge in [0, 0.05) is 43.6 Å². The highest BCUT2D eigenvalue weighted by molar-refractivity contribution is 5.92. The van der Waals surface area contributed by atoms with E-state index >= 15 is 0 Å². The number of likely N-dealkylation sites (tertiary alicyclic amines) is 2. The SMILES string of the molecule is C=CC(=O)N1CC(N2CCC(C(Nc3ccc(-c4cc5c(N6CCOCC6)ncnc5[nH]4)cc3)C(F)(F)F)CC2)C1. The molecule has 9 nitrogen and oxygen atoms in total. The topological polar surface area (TPSA) is 89.6 Å². The number of hydrogen-bond acceptors (Lipinski definition) is 7. The minimum Gasteiger partial charge on any atom is -0.378 e. The summed E-state index contributed by atoms with van der Waals surface area (Å²) >= 11 is 0. The highest BCUT2D eigenvalue weighted by atomic mass is 19.4. The fourth-order valence-electron chi connectivity index (χ4n) is 6.12. The summed E-state index contributed by atoms with van der Waals surface area (Å²) in [5.74, 6) is 0.222. The van der Waals surface area contributed by atoms with Crippen molar-refractivity contribution in [3.05, 3.63) is 49.3 Å². The number of fused-ring (bicyclic) bond motifs is 1. The van der Waals surface area contributed by atoms with Crippen molar-refractivity contribution in [2.75, 3.05) is 62.7 Å². The zero-order chi connectivity index (χ0) is 28.6. The quantitative estimate of drug-likeness (QED) is 0.417. The Morgan fingerprint density at radius 2 is 1.80 bits per heavy atom. The average Bonchev–Trinajstić information content (AvgIpc) is 3.40. The van der Waals surface area contributed by atoms with Crippen LogP contribution < -0.4 is 10.2 Å². The summed E-state index contributed by atoms with van der Waals surface area (Å²) in [6, 6.07) is 7.60. The number of alkyl halides is 3. The normalized spacial score (nSPS) is 20.2. The van der Waals surface area contributed by atoms with E-state index in [0.29, 0.717) is 63.6 Å². The van der Waals surface area contributed by atoms with Gasteiger partial charge in [0.25, 0.3) is 0 Å². The molecule has 0 aliphatic carbocycles. The number of amides is 1. The van der Waals surface area contributed by atoms with E-state index in [9.17, 15) is 18.0 Å². The van der Waals surface area contributed by atoms with Crippen LogP contribution in [0.3, 0.4) is 0 Å². The van der Waals surface area contributed by atoms with Crippen LogP contribution in [-0.2, 0) is 9.53 Å². The molecule has 6 rings (SSSR count). The van der Waals surface area contributed by atoms with Crippen LogP contribution in [0.1, 0.15) is 12.8 Å². The lowest BCUT2D eigenvalue weighted by atomic mass is 9.87. The number of hydrogen-bond donors (Lipinski definition) is 2. The predicted octanol–water partition coefficient (Wildman–Crippen LogP) is 3.91. The molecule has 0 spiro atoms. The number of ether oxygens (including phenoxy) is 1. The minimum atomic E-state index is -4.37. The molecule has 3 saturated heterocycles. The van der Waals surface area contributed by atoms with Crippen LogP contribution in [0, 0.1) is 5.92 Å². The fraction of sp³-hybridized carbons (Fsp3) is 0.483. The molecular weight excluding hydrogens is 535 g/mol. The molecule has 12 heteroatoms. The van der Waals surface area contributed by atoms with Crippen LogP contribution in [0.25, 0.3) is 22.3 Å². The van der Waals surface area contributed by atoms with Crippen molar-refractivity contribution < 1.29 is 22.7 Å². The van der Waals surface area contributed by atoms with E-state index in [4.69, 9.17) is 4.74 Å². The molecule has 0 bridgehead atoms. The number of piperidine rings is 1. The van der Waals surface area contributed by atoms with Crippen LogP contribution in [0.4, 0.5) is 24.7 Å². The Morgan fingerprint density at radius 3 is 2.46 bits per heavy atom. The first-order chi connectivity index (χ1) is 19.8. The van der Waals surface area contributed by atoms with Gasteiger partial charge in [-0.2, -0.15) is 13.2 Å². The van der Waals surface area contributed by atoms with Crippen molar-refractivity contribution in [1.29, 1.82) is 0 Å². The molecular formula is C29H34F3N7O2. The highest BCUT2D eigenvalue weighted by Crippen LogP contribution is 2.36. The summed E-state index contributed by atoms with van der Waals surface area (Å²) in [5, 5.41) is 3.69. The van der Waals surface area contributed by atoms with E-state index in [1.165, 1.54) is 12.4 Å². The smallest absolute Gasteiger partial charge is 0.378 e. The third kappa shape index (κ3) is 5.76. The molecule has 1 amide bonds. The molecule has 3 aromatic rings. The molecule has 3 fully saturated rings. The molecule has 218 valence electrons. The van der Waals surface area contributed by atoms with Gasteiger partial charge in [-0.05, 0) is 61.7 Å². The average molecular weight is 570 g/mol. The van der Waals surface area contributed by atoms with Gasteiger partial charge in [0.15, 0.2) is 0 Å². The molecule has 1 aromatic carbocycles. The lowest BCUT2D eigenvalue weighted by Crippen LogP contribution is -2.62. The summed E-state index contributed by atoms with van der Waals surface area (Å²) in [6.45, 7) is 8.71. The summed E-state index contributed by atoms with van der Waals surface area (Å²) in [5.41, 5.74) is 2.82. The van der Waals surface area contributed by atoms with Gasteiger partial charge in [-0.3, -0.25) is 9.69 Å². The number of anilines is 2. The Bertz CT molecular complexity index is 1370. The maximum absolute atomic E-state index is 14.2. The monoisotopic (exact) mass is 569 g/mol. The number of aromatic nitrogens is 3. The second-order valence-electron chi connectivity index (χ2n) is 11.0. The molecule has 0 radical (unpaired) electrons. The van der Waals surface area contributed by atoms with Gasteiger partial charge < -0.3 is 24.8 Å². The van der Waals surface area contributed by atoms with Crippen molar-refractivity contribution in [3.8, 4) is 11.3 Å². The predicted molar refractivity (Wildman–Crippen MR) is 151 cm³/mol. The van der Waals surface area contributed by atoms with E-state index < -0.39 is 18.1 Å². The van der Waals surface area contributed by atoms with Gasteiger partial charge in [0.1, 0.15) is 23.8 Å². The lowest BCUT2D eigenvalue weighted by molar-refractivity contribution is -0.158. The van der Waals surface area contributed by atoms with Crippen molar-refractivity contribution in [3.63, 3.8) is 0 Å². The zero-order valence-corrected chi connectivity index (χ0v) is 22.7. The molecule has 5 heterocycles. The number of H-pyrrole nitrogens is 1. The molecule has 1 unspecified atom stereocenters. The van der Waals surface area contributed by atoms with Crippen molar-refractivity contribution >= 4 is 28.4 Å². The van der Waals surface area contributed by atoms with Gasteiger partial charge in [-0.15, -0.1) is 0 Å². The van der Waals surface area contributed by atoms with E-state index in [1.807, 2.05) is 18.2 Å². The summed E-state index contributed by atoms with van der Waals surface area (Å²) < 4.78 is 48.0. The maximum atomic E-state index is 14.2. The third-order valence-corrected chi connectivity index (χ3v) is 8.50. The van der Waals surface area contributed by atoms with Gasteiger partial charge in [-0.25, -0.2) is 9.97 Å². The standard InChI is InChI=1S/C29H34F3N7O2/c1-2-25(40)39-16-22(17-39)37-9-7-20(8-10-37)26(29(30,31)32)35-21-5-3-19(4-6-21)24-15-23-27(36-24)33-18-34-28(23)38-11-13-41-14-12-38/h2-6,15,18,20,22,26,35H,1,7-14,16-17H2,(H,33,34,36). The number of carbonyl (C=O) groups is 1. The second-order valence-corrected chi connectivity index (χ2v) is 11.0. The van der Waals surface area contributed by atoms with Crippen LogP contribution >= 0.6 is 0 Å². The number of morpholine rings is 1. The Kier molecular flexibility index (Phi) is 7.60. The Hall–Kier alpha value is -3.64. The van der Waals surface area contributed by atoms with Crippen LogP contribution in [-0.4, -0.2) is 101 Å². The van der Waals surface area contributed by atoms with Gasteiger partial charge in [0.05, 0.1) is 18.6 Å². The molecule has 0 saturated carbocycles. The number of nitrogens with one attached hydrogen (secondary N) is 2. The minimum absolute atomic E-state index is 0.0977.